The number of anilines is 1. The van der Waals surface area contributed by atoms with E-state index in [4.69, 9.17) is 4.74 Å². The number of hydrogen-bond donors (Lipinski definition) is 0. The molecule has 0 saturated carbocycles. The molecule has 0 aliphatic carbocycles. The van der Waals surface area contributed by atoms with Gasteiger partial charge in [0.1, 0.15) is 5.56 Å². The number of nitro benzene ring substituents is 1. The maximum Gasteiger partial charge on any atom is 0.353 e. The second kappa shape index (κ2) is 8.42. The second-order valence-corrected chi connectivity index (χ2v) is 7.86. The minimum Gasteiger partial charge on any atom is -0.386 e. The summed E-state index contributed by atoms with van der Waals surface area (Å²) in [6.45, 7) is 12.4. The van der Waals surface area contributed by atoms with E-state index >= 15 is 0 Å². The standard InChI is InChI=1S/C20H25N3O6/c1-13(20(3,4)5)18(25)29-19(26)16-7-6-15(12-17(16)23(27)28)22-10-8-21(9-11-22)14(2)24/h6-7,12H,1,8-11H2,2-5H3. The van der Waals surface area contributed by atoms with Gasteiger partial charge in [0, 0.05) is 50.4 Å². The number of benzene rings is 1. The van der Waals surface area contributed by atoms with Crippen LogP contribution in [0.3, 0.4) is 0 Å². The van der Waals surface area contributed by atoms with E-state index in [9.17, 15) is 24.5 Å². The summed E-state index contributed by atoms with van der Waals surface area (Å²) in [5, 5.41) is 11.5. The van der Waals surface area contributed by atoms with Gasteiger partial charge in [-0.3, -0.25) is 14.9 Å². The van der Waals surface area contributed by atoms with Gasteiger partial charge in [-0.05, 0) is 17.5 Å². The predicted molar refractivity (Wildman–Crippen MR) is 107 cm³/mol. The molecule has 0 bridgehead atoms. The molecule has 1 aliphatic heterocycles. The van der Waals surface area contributed by atoms with E-state index in [2.05, 4.69) is 6.58 Å². The van der Waals surface area contributed by atoms with Gasteiger partial charge in [0.05, 0.1) is 4.92 Å². The summed E-state index contributed by atoms with van der Waals surface area (Å²) in [4.78, 5) is 50.3. The Labute approximate surface area is 169 Å². The molecule has 0 spiro atoms. The van der Waals surface area contributed by atoms with Crippen molar-refractivity contribution in [3.63, 3.8) is 0 Å². The van der Waals surface area contributed by atoms with Gasteiger partial charge in [0.25, 0.3) is 5.69 Å². The molecular formula is C20H25N3O6. The van der Waals surface area contributed by atoms with Crippen LogP contribution in [0.1, 0.15) is 38.1 Å². The van der Waals surface area contributed by atoms with Gasteiger partial charge in [-0.25, -0.2) is 9.59 Å². The molecule has 1 aliphatic rings. The number of esters is 2. The molecule has 1 aromatic rings. The van der Waals surface area contributed by atoms with E-state index < -0.39 is 28.0 Å². The lowest BCUT2D eigenvalue weighted by atomic mass is 9.88. The quantitative estimate of drug-likeness (QED) is 0.250. The van der Waals surface area contributed by atoms with Crippen molar-refractivity contribution in [1.82, 2.24) is 4.90 Å². The van der Waals surface area contributed by atoms with Gasteiger partial charge in [-0.15, -0.1) is 0 Å². The highest BCUT2D eigenvalue weighted by atomic mass is 16.6. The Balaban J connectivity index is 2.21. The van der Waals surface area contributed by atoms with Crippen LogP contribution >= 0.6 is 0 Å². The maximum absolute atomic E-state index is 12.4. The Morgan fingerprint density at radius 2 is 1.72 bits per heavy atom. The molecule has 0 aromatic heterocycles. The van der Waals surface area contributed by atoms with Crippen LogP contribution in [0, 0.1) is 15.5 Å². The lowest BCUT2D eigenvalue weighted by Crippen LogP contribution is -2.48. The summed E-state index contributed by atoms with van der Waals surface area (Å²) >= 11 is 0. The molecule has 9 nitrogen and oxygen atoms in total. The highest BCUT2D eigenvalue weighted by Crippen LogP contribution is 2.29. The molecule has 1 fully saturated rings. The topological polar surface area (TPSA) is 110 Å². The number of amides is 1. The Kier molecular flexibility index (Phi) is 6.41. The van der Waals surface area contributed by atoms with E-state index in [0.29, 0.717) is 31.9 Å². The van der Waals surface area contributed by atoms with E-state index in [1.165, 1.54) is 19.1 Å². The van der Waals surface area contributed by atoms with Crippen molar-refractivity contribution >= 4 is 29.2 Å². The summed E-state index contributed by atoms with van der Waals surface area (Å²) in [6.07, 6.45) is 0. The van der Waals surface area contributed by atoms with Gasteiger partial charge in [0.15, 0.2) is 0 Å². The molecule has 1 amide bonds. The molecule has 1 aromatic carbocycles. The summed E-state index contributed by atoms with van der Waals surface area (Å²) in [6, 6.07) is 4.12. The van der Waals surface area contributed by atoms with Gasteiger partial charge in [0.2, 0.25) is 5.91 Å². The fourth-order valence-electron chi connectivity index (χ4n) is 2.83. The van der Waals surface area contributed by atoms with Crippen LogP contribution in [-0.4, -0.2) is 53.8 Å². The van der Waals surface area contributed by atoms with Crippen LogP contribution in [0.25, 0.3) is 0 Å². The Bertz CT molecular complexity index is 863. The predicted octanol–water partition coefficient (Wildman–Crippen LogP) is 2.55. The Morgan fingerprint density at radius 1 is 1.14 bits per heavy atom. The lowest BCUT2D eigenvalue weighted by Gasteiger charge is -2.35. The van der Waals surface area contributed by atoms with E-state index in [0.717, 1.165) is 0 Å². The Morgan fingerprint density at radius 3 is 2.21 bits per heavy atom. The van der Waals surface area contributed by atoms with E-state index in [1.807, 2.05) is 4.90 Å². The zero-order chi connectivity index (χ0) is 21.9. The average Bonchev–Trinajstić information content (AvgIpc) is 2.66. The van der Waals surface area contributed by atoms with Crippen molar-refractivity contribution in [2.75, 3.05) is 31.1 Å². The summed E-state index contributed by atoms with van der Waals surface area (Å²) in [5.41, 5.74) is -0.711. The van der Waals surface area contributed by atoms with Crippen LogP contribution in [0.15, 0.2) is 30.4 Å². The zero-order valence-corrected chi connectivity index (χ0v) is 17.1. The van der Waals surface area contributed by atoms with Gasteiger partial charge in [-0.2, -0.15) is 0 Å². The summed E-state index contributed by atoms with van der Waals surface area (Å²) < 4.78 is 4.80. The number of rotatable bonds is 4. The number of ether oxygens (including phenoxy) is 1. The average molecular weight is 403 g/mol. The minimum atomic E-state index is -1.10. The number of piperazine rings is 1. The van der Waals surface area contributed by atoms with E-state index in [1.54, 1.807) is 31.7 Å². The molecule has 0 radical (unpaired) electrons. The summed E-state index contributed by atoms with van der Waals surface area (Å²) in [7, 11) is 0. The fourth-order valence-corrected chi connectivity index (χ4v) is 2.83. The normalized spacial score (nSPS) is 14.3. The first kappa shape index (κ1) is 22.1. The fraction of sp³-hybridized carbons (Fsp3) is 0.450. The van der Waals surface area contributed by atoms with Crippen molar-refractivity contribution in [1.29, 1.82) is 0 Å². The second-order valence-electron chi connectivity index (χ2n) is 7.86. The third-order valence-electron chi connectivity index (χ3n) is 4.83. The lowest BCUT2D eigenvalue weighted by molar-refractivity contribution is -0.385. The highest BCUT2D eigenvalue weighted by molar-refractivity contribution is 6.04. The molecular weight excluding hydrogens is 378 g/mol. The minimum absolute atomic E-state index is 0.0183. The van der Waals surface area contributed by atoms with Crippen LogP contribution in [-0.2, 0) is 14.3 Å². The first-order valence-corrected chi connectivity index (χ1v) is 9.16. The molecule has 1 heterocycles. The summed E-state index contributed by atoms with van der Waals surface area (Å²) in [5.74, 6) is -2.03. The maximum atomic E-state index is 12.4. The van der Waals surface area contributed by atoms with Crippen molar-refractivity contribution in [3.05, 3.63) is 46.0 Å². The smallest absolute Gasteiger partial charge is 0.353 e. The third-order valence-corrected chi connectivity index (χ3v) is 4.83. The first-order valence-electron chi connectivity index (χ1n) is 9.16. The van der Waals surface area contributed by atoms with Crippen molar-refractivity contribution in [2.45, 2.75) is 27.7 Å². The van der Waals surface area contributed by atoms with E-state index in [-0.39, 0.29) is 17.0 Å². The van der Waals surface area contributed by atoms with Crippen molar-refractivity contribution < 1.29 is 24.0 Å². The highest BCUT2D eigenvalue weighted by Gasteiger charge is 2.29. The van der Waals surface area contributed by atoms with Crippen LogP contribution in [0.2, 0.25) is 0 Å². The number of nitro groups is 1. The molecule has 1 saturated heterocycles. The number of carbonyl (C=O) groups is 3. The molecule has 0 atom stereocenters. The first-order chi connectivity index (χ1) is 13.4. The van der Waals surface area contributed by atoms with Crippen molar-refractivity contribution in [2.24, 2.45) is 5.41 Å². The molecule has 156 valence electrons. The van der Waals surface area contributed by atoms with Gasteiger partial charge < -0.3 is 14.5 Å². The molecule has 0 N–H and O–H groups in total. The Hall–Kier alpha value is -3.23. The number of nitrogens with zero attached hydrogens (tertiary/aromatic N) is 3. The number of carbonyl (C=O) groups excluding carboxylic acids is 3. The zero-order valence-electron chi connectivity index (χ0n) is 17.1. The monoisotopic (exact) mass is 403 g/mol. The molecule has 2 rings (SSSR count). The van der Waals surface area contributed by atoms with Gasteiger partial charge in [-0.1, -0.05) is 27.4 Å². The number of hydrogen-bond acceptors (Lipinski definition) is 7. The SMILES string of the molecule is C=C(C(=O)OC(=O)c1ccc(N2CCN(C(C)=O)CC2)cc1[N+](=O)[O-])C(C)(C)C. The molecule has 9 heteroatoms. The van der Waals surface area contributed by atoms with Gasteiger partial charge >= 0.3 is 11.9 Å². The largest absolute Gasteiger partial charge is 0.386 e. The molecule has 29 heavy (non-hydrogen) atoms. The van der Waals surface area contributed by atoms with Crippen LogP contribution in [0.5, 0.6) is 0 Å². The van der Waals surface area contributed by atoms with Crippen LogP contribution < -0.4 is 4.90 Å². The molecule has 0 unspecified atom stereocenters. The third kappa shape index (κ3) is 5.18. The van der Waals surface area contributed by atoms with Crippen molar-refractivity contribution in [3.8, 4) is 0 Å². The van der Waals surface area contributed by atoms with Crippen LogP contribution in [0.4, 0.5) is 11.4 Å².